The largest absolute Gasteiger partial charge is 0.756 e. The summed E-state index contributed by atoms with van der Waals surface area (Å²) in [5, 5.41) is 13.7. The van der Waals surface area contributed by atoms with Crippen LogP contribution >= 0.6 is 7.82 Å². The molecule has 0 aliphatic heterocycles. The molecule has 0 aliphatic carbocycles. The number of unbranched alkanes of at least 4 members (excludes halogenated alkanes) is 17. The molecule has 0 fully saturated rings. The molecule has 0 aromatic carbocycles. The van der Waals surface area contributed by atoms with E-state index in [4.69, 9.17) is 9.05 Å². The summed E-state index contributed by atoms with van der Waals surface area (Å²) in [7, 11) is 1.23. The lowest BCUT2D eigenvalue weighted by Crippen LogP contribution is -2.45. The molecule has 2 N–H and O–H groups in total. The van der Waals surface area contributed by atoms with Gasteiger partial charge in [0.25, 0.3) is 7.82 Å². The van der Waals surface area contributed by atoms with Gasteiger partial charge in [0.1, 0.15) is 13.2 Å². The van der Waals surface area contributed by atoms with Crippen LogP contribution in [-0.2, 0) is 18.4 Å². The van der Waals surface area contributed by atoms with Crippen LogP contribution in [0.3, 0.4) is 0 Å². The molecule has 9 heteroatoms. The molecule has 0 bridgehead atoms. The lowest BCUT2D eigenvalue weighted by Gasteiger charge is -2.29. The third-order valence-corrected chi connectivity index (χ3v) is 11.5. The average molecular weight is 899 g/mol. The molecule has 0 aromatic rings. The summed E-state index contributed by atoms with van der Waals surface area (Å²) in [6, 6.07) is -0.908. The smallest absolute Gasteiger partial charge is 0.268 e. The van der Waals surface area contributed by atoms with Crippen LogP contribution in [0.15, 0.2) is 97.2 Å². The number of aliphatic hydroxyl groups is 1. The van der Waals surface area contributed by atoms with Crippen LogP contribution in [0.4, 0.5) is 0 Å². The lowest BCUT2D eigenvalue weighted by molar-refractivity contribution is -0.870. The number of hydrogen-bond donors (Lipinski definition) is 2. The molecule has 362 valence electrons. The van der Waals surface area contributed by atoms with Crippen LogP contribution in [0.1, 0.15) is 187 Å². The first-order valence-corrected chi connectivity index (χ1v) is 26.6. The maximum atomic E-state index is 12.9. The number of rotatable bonds is 44. The van der Waals surface area contributed by atoms with Gasteiger partial charge in [0.2, 0.25) is 5.91 Å². The van der Waals surface area contributed by atoms with Crippen LogP contribution in [-0.4, -0.2) is 68.5 Å². The number of allylic oxidation sites excluding steroid dienone is 15. The summed E-state index contributed by atoms with van der Waals surface area (Å²) < 4.78 is 23.2. The number of carbonyl (C=O) groups excluding carboxylic acids is 1. The van der Waals surface area contributed by atoms with Gasteiger partial charge in [-0.25, -0.2) is 0 Å². The minimum atomic E-state index is -4.60. The number of hydrogen-bond acceptors (Lipinski definition) is 6. The predicted molar refractivity (Wildman–Crippen MR) is 269 cm³/mol. The SMILES string of the molecule is CC/C=C\C/C=C\C/C=C\C/C=C\C/C=C\C/C=C\CCCCCCCCCCCCCCC(=O)NC(COP(=O)([O-])OCC[N+](C)(C)C)C(O)/C=C/CC/C=C/CCCCCC. The van der Waals surface area contributed by atoms with Crippen molar-refractivity contribution in [1.29, 1.82) is 0 Å². The summed E-state index contributed by atoms with van der Waals surface area (Å²) in [5.41, 5.74) is 0. The lowest BCUT2D eigenvalue weighted by atomic mass is 10.0. The van der Waals surface area contributed by atoms with Crippen molar-refractivity contribution in [1.82, 2.24) is 5.32 Å². The number of likely N-dealkylation sites (N-methyl/N-ethyl adjacent to an activating group) is 1. The van der Waals surface area contributed by atoms with Gasteiger partial charge in [-0.05, 0) is 83.5 Å². The summed E-state index contributed by atoms with van der Waals surface area (Å²) in [5.74, 6) is -0.217. The molecule has 0 radical (unpaired) electrons. The number of phosphoric ester groups is 1. The number of phosphoric acid groups is 1. The van der Waals surface area contributed by atoms with Crippen molar-refractivity contribution in [3.63, 3.8) is 0 Å². The Balaban J connectivity index is 4.13. The second-order valence-corrected chi connectivity index (χ2v) is 19.2. The molecule has 0 aliphatic rings. The van der Waals surface area contributed by atoms with Crippen molar-refractivity contribution in [2.24, 2.45) is 0 Å². The standard InChI is InChI=1S/C54H95N2O6P/c1-6-8-10-12-14-16-18-19-20-21-22-23-24-25-26-27-28-29-30-31-32-33-34-35-36-37-38-40-42-44-46-48-54(58)55-52(51-62-63(59,60)61-50-49-56(3,4)5)53(57)47-45-43-41-39-17-15-13-11-9-7-2/h8,10,14,16-17,19-20,22-23,25-26,28-29,39,45,47,52-53,57H,6-7,9,11-13,15,18,21,24,27,30-38,40-44,46,48-51H2,1-5H3,(H-,55,58,59,60)/b10-8-,16-14-,20-19-,23-22-,26-25-,29-28-,39-17+,47-45+. The fraction of sp³-hybridized carbons (Fsp3) is 0.685. The second kappa shape index (κ2) is 44.6. The third-order valence-electron chi connectivity index (χ3n) is 10.5. The van der Waals surface area contributed by atoms with Crippen LogP contribution in [0.2, 0.25) is 0 Å². The molecular weight excluding hydrogens is 804 g/mol. The molecule has 3 atom stereocenters. The Kier molecular flexibility index (Phi) is 42.8. The van der Waals surface area contributed by atoms with E-state index >= 15 is 0 Å². The van der Waals surface area contributed by atoms with E-state index in [9.17, 15) is 19.4 Å². The van der Waals surface area contributed by atoms with Crippen molar-refractivity contribution in [3.05, 3.63) is 97.2 Å². The molecule has 0 spiro atoms. The first-order valence-electron chi connectivity index (χ1n) is 25.1. The van der Waals surface area contributed by atoms with Gasteiger partial charge in [0.05, 0.1) is 39.9 Å². The molecule has 3 unspecified atom stereocenters. The molecule has 0 saturated heterocycles. The van der Waals surface area contributed by atoms with Gasteiger partial charge >= 0.3 is 0 Å². The number of amides is 1. The van der Waals surface area contributed by atoms with E-state index in [0.29, 0.717) is 17.4 Å². The fourth-order valence-electron chi connectivity index (χ4n) is 6.58. The zero-order valence-corrected chi connectivity index (χ0v) is 41.9. The van der Waals surface area contributed by atoms with E-state index in [1.165, 1.54) is 89.9 Å². The Morgan fingerprint density at radius 3 is 1.48 bits per heavy atom. The molecule has 0 aromatic heterocycles. The first kappa shape index (κ1) is 60.4. The minimum absolute atomic E-state index is 0.0112. The zero-order valence-electron chi connectivity index (χ0n) is 41.0. The van der Waals surface area contributed by atoms with Crippen molar-refractivity contribution in [3.8, 4) is 0 Å². The second-order valence-electron chi connectivity index (χ2n) is 17.8. The summed E-state index contributed by atoms with van der Waals surface area (Å²) in [6.07, 6.45) is 63.4. The van der Waals surface area contributed by atoms with Gasteiger partial charge in [-0.3, -0.25) is 9.36 Å². The summed E-state index contributed by atoms with van der Waals surface area (Å²) in [4.78, 5) is 25.3. The molecular formula is C54H95N2O6P. The highest BCUT2D eigenvalue weighted by Gasteiger charge is 2.23. The molecule has 0 heterocycles. The quantitative estimate of drug-likeness (QED) is 0.0273. The first-order chi connectivity index (χ1) is 30.5. The Morgan fingerprint density at radius 1 is 0.571 bits per heavy atom. The average Bonchev–Trinajstić information content (AvgIpc) is 3.24. The maximum Gasteiger partial charge on any atom is 0.268 e. The normalized spacial score (nSPS) is 15.0. The van der Waals surface area contributed by atoms with Crippen molar-refractivity contribution >= 4 is 13.7 Å². The highest BCUT2D eigenvalue weighted by molar-refractivity contribution is 7.45. The van der Waals surface area contributed by atoms with Gasteiger partial charge in [-0.1, -0.05) is 195 Å². The third kappa shape index (κ3) is 47.2. The Bertz CT molecular complexity index is 1340. The fourth-order valence-corrected chi connectivity index (χ4v) is 7.30. The van der Waals surface area contributed by atoms with E-state index in [2.05, 4.69) is 104 Å². The number of nitrogens with one attached hydrogen (secondary N) is 1. The van der Waals surface area contributed by atoms with Crippen LogP contribution < -0.4 is 10.2 Å². The Morgan fingerprint density at radius 2 is 0.984 bits per heavy atom. The highest BCUT2D eigenvalue weighted by atomic mass is 31.2. The van der Waals surface area contributed by atoms with E-state index < -0.39 is 26.6 Å². The number of carbonyl (C=O) groups is 1. The van der Waals surface area contributed by atoms with Crippen LogP contribution in [0.5, 0.6) is 0 Å². The number of nitrogens with zero attached hydrogens (tertiary/aromatic N) is 1. The van der Waals surface area contributed by atoms with E-state index in [0.717, 1.165) is 77.0 Å². The topological polar surface area (TPSA) is 108 Å². The summed E-state index contributed by atoms with van der Waals surface area (Å²) >= 11 is 0. The monoisotopic (exact) mass is 899 g/mol. The maximum absolute atomic E-state index is 12.9. The summed E-state index contributed by atoms with van der Waals surface area (Å²) in [6.45, 7) is 4.45. The molecule has 63 heavy (non-hydrogen) atoms. The molecule has 8 nitrogen and oxygen atoms in total. The van der Waals surface area contributed by atoms with Gasteiger partial charge < -0.3 is 28.8 Å². The minimum Gasteiger partial charge on any atom is -0.756 e. The molecule has 1 amide bonds. The number of quaternary nitrogens is 1. The van der Waals surface area contributed by atoms with E-state index in [-0.39, 0.29) is 12.5 Å². The van der Waals surface area contributed by atoms with E-state index in [1.54, 1.807) is 6.08 Å². The van der Waals surface area contributed by atoms with Gasteiger partial charge in [0, 0.05) is 6.42 Å². The molecule has 0 saturated carbocycles. The highest BCUT2D eigenvalue weighted by Crippen LogP contribution is 2.38. The van der Waals surface area contributed by atoms with Crippen molar-refractivity contribution < 1.29 is 32.9 Å². The van der Waals surface area contributed by atoms with Crippen LogP contribution in [0.25, 0.3) is 0 Å². The van der Waals surface area contributed by atoms with Gasteiger partial charge in [-0.2, -0.15) is 0 Å². The number of aliphatic hydroxyl groups excluding tert-OH is 1. The predicted octanol–water partition coefficient (Wildman–Crippen LogP) is 14.1. The zero-order chi connectivity index (χ0) is 46.4. The van der Waals surface area contributed by atoms with Crippen molar-refractivity contribution in [2.75, 3.05) is 40.9 Å². The van der Waals surface area contributed by atoms with Gasteiger partial charge in [-0.15, -0.1) is 0 Å². The van der Waals surface area contributed by atoms with E-state index in [1.807, 2.05) is 27.2 Å². The van der Waals surface area contributed by atoms with Crippen molar-refractivity contribution in [2.45, 2.75) is 199 Å². The van der Waals surface area contributed by atoms with Crippen LogP contribution in [0, 0.1) is 0 Å². The Labute approximate surface area is 388 Å². The Hall–Kier alpha value is -2.58. The van der Waals surface area contributed by atoms with Gasteiger partial charge in [0.15, 0.2) is 0 Å². The molecule has 0 rings (SSSR count).